The van der Waals surface area contributed by atoms with Gasteiger partial charge < -0.3 is 4.74 Å². The molecule has 0 spiro atoms. The molecule has 0 fully saturated rings. The molecule has 0 N–H and O–H groups in total. The van der Waals surface area contributed by atoms with E-state index in [2.05, 4.69) is 75.1 Å². The highest BCUT2D eigenvalue weighted by atomic mass is 79.9. The maximum atomic E-state index is 6.24. The summed E-state index contributed by atoms with van der Waals surface area (Å²) >= 11 is 5.36. The number of benzene rings is 4. The summed E-state index contributed by atoms with van der Waals surface area (Å²) in [5.41, 5.74) is 2.26. The van der Waals surface area contributed by atoms with Crippen LogP contribution in [0.1, 0.15) is 0 Å². The van der Waals surface area contributed by atoms with Crippen LogP contribution in [0, 0.1) is 0 Å². The fraction of sp³-hybridized carbons (Fsp3) is 0. The minimum atomic E-state index is 0.789. The Morgan fingerprint density at radius 3 is 2.44 bits per heavy atom. The summed E-state index contributed by atoms with van der Waals surface area (Å²) in [6.45, 7) is 0. The number of pyridine rings is 1. The molecule has 3 heterocycles. The lowest BCUT2D eigenvalue weighted by molar-refractivity contribution is 0.483. The molecule has 0 bridgehead atoms. The topological polar surface area (TPSA) is 27.1 Å². The normalized spacial score (nSPS) is 11.7. The van der Waals surface area contributed by atoms with Crippen molar-refractivity contribution in [3.63, 3.8) is 0 Å². The lowest BCUT2D eigenvalue weighted by atomic mass is 10.1. The minimum absolute atomic E-state index is 0.789. The summed E-state index contributed by atoms with van der Waals surface area (Å²) in [5, 5.41) is 4.94. The molecule has 0 atom stereocenters. The number of halogens is 1. The molecule has 0 unspecified atom stereocenters. The van der Waals surface area contributed by atoms with E-state index in [4.69, 9.17) is 9.72 Å². The Morgan fingerprint density at radius 1 is 0.706 bits per heavy atom. The molecule has 5 heteroatoms. The second-order valence-corrected chi connectivity index (χ2v) is 10.2. The number of fused-ring (bicyclic) bond motifs is 7. The zero-order valence-electron chi connectivity index (χ0n) is 17.9. The predicted molar refractivity (Wildman–Crippen MR) is 146 cm³/mol. The van der Waals surface area contributed by atoms with E-state index in [0.29, 0.717) is 0 Å². The van der Waals surface area contributed by atoms with Crippen LogP contribution in [0.2, 0.25) is 0 Å². The standard InChI is InChI=1S/C29H17BrN2OS/c30-18-6-5-7-19(16-18)33-20-11-12-21-22-13-14-26-28(23-8-1-2-9-25(23)34-26)29(22)32(24(21)17-20)27-10-3-4-15-31-27/h1-17H. The average Bonchev–Trinajstić information content (AvgIpc) is 3.39. The Kier molecular flexibility index (Phi) is 4.47. The number of ether oxygens (including phenoxy) is 1. The van der Waals surface area contributed by atoms with Crippen LogP contribution in [-0.4, -0.2) is 9.55 Å². The zero-order valence-corrected chi connectivity index (χ0v) is 20.3. The SMILES string of the molecule is Brc1cccc(Oc2ccc3c4ccc5sc6ccccc6c5c4n(-c4ccccn4)c3c2)c1. The predicted octanol–water partition coefficient (Wildman–Crippen LogP) is 9.10. The first kappa shape index (κ1) is 19.8. The van der Waals surface area contributed by atoms with Gasteiger partial charge in [-0.1, -0.05) is 52.3 Å². The van der Waals surface area contributed by atoms with Gasteiger partial charge in [0.15, 0.2) is 0 Å². The molecular weight excluding hydrogens is 504 g/mol. The Morgan fingerprint density at radius 2 is 1.56 bits per heavy atom. The van der Waals surface area contributed by atoms with Crippen molar-refractivity contribution in [1.82, 2.24) is 9.55 Å². The van der Waals surface area contributed by atoms with Gasteiger partial charge >= 0.3 is 0 Å². The summed E-state index contributed by atoms with van der Waals surface area (Å²) in [6.07, 6.45) is 1.85. The maximum Gasteiger partial charge on any atom is 0.137 e. The van der Waals surface area contributed by atoms with Crippen LogP contribution in [0.4, 0.5) is 0 Å². The van der Waals surface area contributed by atoms with Gasteiger partial charge in [-0.15, -0.1) is 11.3 Å². The molecule has 0 aliphatic heterocycles. The monoisotopic (exact) mass is 520 g/mol. The quantitative estimate of drug-likeness (QED) is 0.232. The van der Waals surface area contributed by atoms with Crippen molar-refractivity contribution in [2.24, 2.45) is 0 Å². The van der Waals surface area contributed by atoms with E-state index in [1.807, 2.05) is 60.0 Å². The summed E-state index contributed by atoms with van der Waals surface area (Å²) < 4.78 is 12.1. The Labute approximate surface area is 208 Å². The van der Waals surface area contributed by atoms with E-state index in [1.165, 1.54) is 36.5 Å². The van der Waals surface area contributed by atoms with Crippen LogP contribution < -0.4 is 4.74 Å². The van der Waals surface area contributed by atoms with Crippen molar-refractivity contribution in [1.29, 1.82) is 0 Å². The number of hydrogen-bond donors (Lipinski definition) is 0. The number of aromatic nitrogens is 2. The van der Waals surface area contributed by atoms with Crippen LogP contribution in [0.3, 0.4) is 0 Å². The number of nitrogens with zero attached hydrogens (tertiary/aromatic N) is 2. The molecule has 0 amide bonds. The molecule has 4 aromatic carbocycles. The first-order valence-corrected chi connectivity index (χ1v) is 12.6. The molecule has 7 aromatic rings. The molecular formula is C29H17BrN2OS. The third-order valence-corrected chi connectivity index (χ3v) is 7.78. The lowest BCUT2D eigenvalue weighted by Crippen LogP contribution is -1.97. The van der Waals surface area contributed by atoms with Gasteiger partial charge in [0.05, 0.1) is 11.0 Å². The van der Waals surface area contributed by atoms with Crippen LogP contribution in [-0.2, 0) is 0 Å². The largest absolute Gasteiger partial charge is 0.457 e. The van der Waals surface area contributed by atoms with Crippen LogP contribution in [0.5, 0.6) is 11.5 Å². The van der Waals surface area contributed by atoms with Gasteiger partial charge in [-0.25, -0.2) is 4.98 Å². The van der Waals surface area contributed by atoms with Gasteiger partial charge in [-0.2, -0.15) is 0 Å². The third-order valence-electron chi connectivity index (χ3n) is 6.15. The highest BCUT2D eigenvalue weighted by Crippen LogP contribution is 2.43. The molecule has 7 rings (SSSR count). The molecule has 0 saturated carbocycles. The van der Waals surface area contributed by atoms with Gasteiger partial charge in [-0.3, -0.25) is 4.57 Å². The highest BCUT2D eigenvalue weighted by molar-refractivity contribution is 9.10. The highest BCUT2D eigenvalue weighted by Gasteiger charge is 2.19. The van der Waals surface area contributed by atoms with E-state index < -0.39 is 0 Å². The Bertz CT molecular complexity index is 1850. The second-order valence-electron chi connectivity index (χ2n) is 8.19. The average molecular weight is 521 g/mol. The molecule has 0 saturated heterocycles. The Balaban J connectivity index is 1.58. The number of hydrogen-bond acceptors (Lipinski definition) is 3. The Hall–Kier alpha value is -3.67. The van der Waals surface area contributed by atoms with Crippen molar-refractivity contribution >= 4 is 69.2 Å². The van der Waals surface area contributed by atoms with Crippen molar-refractivity contribution in [2.75, 3.05) is 0 Å². The van der Waals surface area contributed by atoms with Crippen LogP contribution in [0.25, 0.3) is 47.8 Å². The lowest BCUT2D eigenvalue weighted by Gasteiger charge is -2.09. The molecule has 0 radical (unpaired) electrons. The van der Waals surface area contributed by atoms with Crippen LogP contribution >= 0.6 is 27.3 Å². The van der Waals surface area contributed by atoms with Gasteiger partial charge in [0.1, 0.15) is 17.3 Å². The molecule has 0 aliphatic carbocycles. The zero-order chi connectivity index (χ0) is 22.6. The molecule has 0 aliphatic rings. The smallest absolute Gasteiger partial charge is 0.137 e. The maximum absolute atomic E-state index is 6.24. The fourth-order valence-electron chi connectivity index (χ4n) is 4.75. The molecule has 34 heavy (non-hydrogen) atoms. The molecule has 162 valence electrons. The summed E-state index contributed by atoms with van der Waals surface area (Å²) in [4.78, 5) is 4.74. The van der Waals surface area contributed by atoms with Crippen LogP contribution in [0.15, 0.2) is 108 Å². The van der Waals surface area contributed by atoms with Crippen molar-refractivity contribution < 1.29 is 4.74 Å². The van der Waals surface area contributed by atoms with E-state index in [-0.39, 0.29) is 0 Å². The van der Waals surface area contributed by atoms with E-state index >= 15 is 0 Å². The van der Waals surface area contributed by atoms with E-state index in [1.54, 1.807) is 0 Å². The first-order chi connectivity index (χ1) is 16.8. The van der Waals surface area contributed by atoms with Crippen molar-refractivity contribution in [3.05, 3.63) is 108 Å². The number of rotatable bonds is 3. The van der Waals surface area contributed by atoms with Crippen molar-refractivity contribution in [2.45, 2.75) is 0 Å². The molecule has 3 nitrogen and oxygen atoms in total. The van der Waals surface area contributed by atoms with Crippen molar-refractivity contribution in [3.8, 4) is 17.3 Å². The second kappa shape index (κ2) is 7.69. The van der Waals surface area contributed by atoms with Gasteiger partial charge in [0.25, 0.3) is 0 Å². The summed E-state index contributed by atoms with van der Waals surface area (Å²) in [6, 6.07) is 33.4. The fourth-order valence-corrected chi connectivity index (χ4v) is 6.23. The van der Waals surface area contributed by atoms with Gasteiger partial charge in [0, 0.05) is 47.7 Å². The summed E-state index contributed by atoms with van der Waals surface area (Å²) in [7, 11) is 0. The van der Waals surface area contributed by atoms with Gasteiger partial charge in [0.2, 0.25) is 0 Å². The first-order valence-electron chi connectivity index (χ1n) is 11.0. The van der Waals surface area contributed by atoms with E-state index in [0.717, 1.165) is 27.3 Å². The molecule has 3 aromatic heterocycles. The van der Waals surface area contributed by atoms with E-state index in [9.17, 15) is 0 Å². The third kappa shape index (κ3) is 3.05. The minimum Gasteiger partial charge on any atom is -0.457 e. The van der Waals surface area contributed by atoms with Gasteiger partial charge in [-0.05, 0) is 54.6 Å². The number of thiophene rings is 1. The summed E-state index contributed by atoms with van der Waals surface area (Å²) in [5.74, 6) is 2.47.